The molecule has 12 heavy (non-hydrogen) atoms. The van der Waals surface area contributed by atoms with Gasteiger partial charge in [0.2, 0.25) is 5.16 Å². The lowest BCUT2D eigenvalue weighted by atomic mass is 10.5. The number of aryl methyl sites for hydroxylation is 1. The lowest BCUT2D eigenvalue weighted by Crippen LogP contribution is -1.81. The van der Waals surface area contributed by atoms with Gasteiger partial charge in [-0.1, -0.05) is 36.4 Å². The van der Waals surface area contributed by atoms with Gasteiger partial charge in [-0.25, -0.2) is 4.98 Å². The summed E-state index contributed by atoms with van der Waals surface area (Å²) < 4.78 is 0. The van der Waals surface area contributed by atoms with Crippen LogP contribution in [0.2, 0.25) is 0 Å². The number of hydrogen-bond acceptors (Lipinski definition) is 3. The Labute approximate surface area is 80.6 Å². The maximum atomic E-state index is 5.36. The quantitative estimate of drug-likeness (QED) is 0.763. The second-order valence-electron chi connectivity index (χ2n) is 2.09. The molecule has 1 heterocycles. The van der Waals surface area contributed by atoms with Crippen LogP contribution in [0.15, 0.2) is 16.8 Å². The van der Waals surface area contributed by atoms with E-state index in [0.717, 1.165) is 23.2 Å². The van der Waals surface area contributed by atoms with Gasteiger partial charge in [0.15, 0.2) is 0 Å². The Morgan fingerprint density at radius 3 is 3.08 bits per heavy atom. The first-order chi connectivity index (χ1) is 5.86. The molecular weight excluding hydrogens is 194 g/mol. The predicted octanol–water partition coefficient (Wildman–Crippen LogP) is 2.21. The Morgan fingerprint density at radius 2 is 2.50 bits per heavy atom. The van der Waals surface area contributed by atoms with E-state index in [9.17, 15) is 0 Å². The van der Waals surface area contributed by atoms with Gasteiger partial charge in [-0.3, -0.25) is 5.10 Å². The second-order valence-corrected chi connectivity index (χ2v) is 3.33. The van der Waals surface area contributed by atoms with Crippen molar-refractivity contribution in [3.63, 3.8) is 0 Å². The number of aromatic amines is 1. The van der Waals surface area contributed by atoms with Crippen molar-refractivity contribution in [1.82, 2.24) is 15.2 Å². The van der Waals surface area contributed by atoms with Crippen LogP contribution in [0.5, 0.6) is 0 Å². The van der Waals surface area contributed by atoms with Gasteiger partial charge < -0.3 is 0 Å². The van der Waals surface area contributed by atoms with E-state index in [1.165, 1.54) is 5.54 Å². The largest absolute Gasteiger partial charge is 0.262 e. The van der Waals surface area contributed by atoms with Crippen LogP contribution in [0.3, 0.4) is 0 Å². The van der Waals surface area contributed by atoms with Crippen molar-refractivity contribution in [1.29, 1.82) is 0 Å². The summed E-state index contributed by atoms with van der Waals surface area (Å²) in [6, 6.07) is 0. The number of aromatic nitrogens is 3. The smallest absolute Gasteiger partial charge is 0.208 e. The molecule has 0 atom stereocenters. The Kier molecular flexibility index (Phi) is 4.18. The molecular formula is C7H10ClN3S. The van der Waals surface area contributed by atoms with Crippen molar-refractivity contribution >= 4 is 23.4 Å². The van der Waals surface area contributed by atoms with Gasteiger partial charge >= 0.3 is 0 Å². The van der Waals surface area contributed by atoms with Crippen molar-refractivity contribution in [3.8, 4) is 0 Å². The highest BCUT2D eigenvalue weighted by Gasteiger charge is 1.99. The SMILES string of the molecule is CCc1nc(SC/C=C/Cl)n[nH]1. The summed E-state index contributed by atoms with van der Waals surface area (Å²) in [4.78, 5) is 4.22. The van der Waals surface area contributed by atoms with Crippen molar-refractivity contribution < 1.29 is 0 Å². The molecule has 0 saturated carbocycles. The van der Waals surface area contributed by atoms with Crippen LogP contribution in [0, 0.1) is 0 Å². The molecule has 1 rings (SSSR count). The maximum absolute atomic E-state index is 5.36. The van der Waals surface area contributed by atoms with E-state index in [2.05, 4.69) is 15.2 Å². The van der Waals surface area contributed by atoms with E-state index in [1.807, 2.05) is 13.0 Å². The summed E-state index contributed by atoms with van der Waals surface area (Å²) in [6.07, 6.45) is 2.74. The molecule has 66 valence electrons. The zero-order valence-corrected chi connectivity index (χ0v) is 8.32. The van der Waals surface area contributed by atoms with Crippen LogP contribution in [-0.4, -0.2) is 20.9 Å². The standard InChI is InChI=1S/C7H10ClN3S/c1-2-6-9-7(11-10-6)12-5-3-4-8/h3-4H,2,5H2,1H3,(H,9,10,11)/b4-3+. The van der Waals surface area contributed by atoms with Gasteiger partial charge in [-0.05, 0) is 0 Å². The molecule has 1 aromatic rings. The average Bonchev–Trinajstić information content (AvgIpc) is 2.53. The van der Waals surface area contributed by atoms with Crippen LogP contribution >= 0.6 is 23.4 Å². The van der Waals surface area contributed by atoms with Crippen molar-refractivity contribution in [2.45, 2.75) is 18.5 Å². The lowest BCUT2D eigenvalue weighted by molar-refractivity contribution is 0.941. The van der Waals surface area contributed by atoms with Crippen molar-refractivity contribution in [2.75, 3.05) is 5.75 Å². The zero-order valence-electron chi connectivity index (χ0n) is 6.75. The minimum atomic E-state index is 0.779. The van der Waals surface area contributed by atoms with E-state index in [0.29, 0.717) is 0 Å². The Morgan fingerprint density at radius 1 is 1.67 bits per heavy atom. The summed E-state index contributed by atoms with van der Waals surface area (Å²) in [5.74, 6) is 1.73. The molecule has 0 aliphatic carbocycles. The summed E-state index contributed by atoms with van der Waals surface area (Å²) in [7, 11) is 0. The molecule has 0 bridgehead atoms. The highest BCUT2D eigenvalue weighted by molar-refractivity contribution is 7.99. The first-order valence-corrected chi connectivity index (χ1v) is 5.08. The van der Waals surface area contributed by atoms with Crippen molar-refractivity contribution in [3.05, 3.63) is 17.4 Å². The van der Waals surface area contributed by atoms with E-state index in [-0.39, 0.29) is 0 Å². The first-order valence-electron chi connectivity index (χ1n) is 3.66. The monoisotopic (exact) mass is 203 g/mol. The number of thioether (sulfide) groups is 1. The third kappa shape index (κ3) is 2.87. The summed E-state index contributed by atoms with van der Waals surface area (Å²) in [5.41, 5.74) is 1.50. The number of H-pyrrole nitrogens is 1. The highest BCUT2D eigenvalue weighted by atomic mass is 35.5. The normalized spacial score (nSPS) is 11.2. The molecule has 5 heteroatoms. The Hall–Kier alpha value is -0.480. The number of rotatable bonds is 4. The van der Waals surface area contributed by atoms with E-state index < -0.39 is 0 Å². The summed E-state index contributed by atoms with van der Waals surface area (Å²) >= 11 is 6.91. The molecule has 1 N–H and O–H groups in total. The summed E-state index contributed by atoms with van der Waals surface area (Å²) in [6.45, 7) is 2.04. The Bertz CT molecular complexity index is 259. The third-order valence-corrected chi connectivity index (χ3v) is 2.22. The van der Waals surface area contributed by atoms with Crippen LogP contribution in [0.4, 0.5) is 0 Å². The fourth-order valence-electron chi connectivity index (χ4n) is 0.659. The van der Waals surface area contributed by atoms with E-state index in [1.54, 1.807) is 11.8 Å². The van der Waals surface area contributed by atoms with Crippen LogP contribution in [0.1, 0.15) is 12.7 Å². The molecule has 0 saturated heterocycles. The van der Waals surface area contributed by atoms with Crippen LogP contribution in [0.25, 0.3) is 0 Å². The molecule has 0 amide bonds. The minimum Gasteiger partial charge on any atom is -0.262 e. The van der Waals surface area contributed by atoms with Gasteiger partial charge in [0.1, 0.15) is 5.82 Å². The van der Waals surface area contributed by atoms with E-state index in [4.69, 9.17) is 11.6 Å². The first kappa shape index (κ1) is 9.61. The van der Waals surface area contributed by atoms with Gasteiger partial charge in [-0.2, -0.15) is 0 Å². The number of halogens is 1. The predicted molar refractivity (Wildman–Crippen MR) is 51.5 cm³/mol. The van der Waals surface area contributed by atoms with Crippen LogP contribution in [-0.2, 0) is 6.42 Å². The molecule has 0 aliphatic heterocycles. The van der Waals surface area contributed by atoms with Gasteiger partial charge in [0.05, 0.1) is 0 Å². The number of hydrogen-bond donors (Lipinski definition) is 1. The average molecular weight is 204 g/mol. The number of nitrogens with one attached hydrogen (secondary N) is 1. The molecule has 0 radical (unpaired) electrons. The summed E-state index contributed by atoms with van der Waals surface area (Å²) in [5, 5.41) is 7.63. The van der Waals surface area contributed by atoms with Crippen LogP contribution < -0.4 is 0 Å². The second kappa shape index (κ2) is 5.22. The maximum Gasteiger partial charge on any atom is 0.208 e. The van der Waals surface area contributed by atoms with Gasteiger partial charge in [0, 0.05) is 17.7 Å². The number of nitrogens with zero attached hydrogens (tertiary/aromatic N) is 2. The fourth-order valence-corrected chi connectivity index (χ4v) is 1.48. The zero-order chi connectivity index (χ0) is 8.81. The highest BCUT2D eigenvalue weighted by Crippen LogP contribution is 2.12. The molecule has 0 aromatic carbocycles. The molecule has 0 aliphatic rings. The lowest BCUT2D eigenvalue weighted by Gasteiger charge is -1.86. The minimum absolute atomic E-state index is 0.779. The van der Waals surface area contributed by atoms with Gasteiger partial charge in [0.25, 0.3) is 0 Å². The fraction of sp³-hybridized carbons (Fsp3) is 0.429. The molecule has 1 aromatic heterocycles. The Balaban J connectivity index is 2.41. The third-order valence-electron chi connectivity index (χ3n) is 1.24. The molecule has 3 nitrogen and oxygen atoms in total. The van der Waals surface area contributed by atoms with Gasteiger partial charge in [-0.15, -0.1) is 5.10 Å². The van der Waals surface area contributed by atoms with Crippen molar-refractivity contribution in [2.24, 2.45) is 0 Å². The van der Waals surface area contributed by atoms with E-state index >= 15 is 0 Å². The topological polar surface area (TPSA) is 41.6 Å². The molecule has 0 unspecified atom stereocenters. The molecule has 0 spiro atoms. The molecule has 0 fully saturated rings.